The van der Waals surface area contributed by atoms with E-state index in [2.05, 4.69) is 6.58 Å². The molecule has 26 heavy (non-hydrogen) atoms. The summed E-state index contributed by atoms with van der Waals surface area (Å²) in [6, 6.07) is 7.88. The average Bonchev–Trinajstić information content (AvgIpc) is 2.61. The van der Waals surface area contributed by atoms with Gasteiger partial charge in [0, 0.05) is 12.1 Å². The lowest BCUT2D eigenvalue weighted by Crippen LogP contribution is -2.31. The minimum Gasteiger partial charge on any atom is -0.495 e. The van der Waals surface area contributed by atoms with E-state index in [1.165, 1.54) is 43.5 Å². The molecule has 0 heterocycles. The van der Waals surface area contributed by atoms with Crippen LogP contribution >= 0.6 is 23.2 Å². The standard InChI is InChI=1S/C16H14Cl2N2O5S/c1-3-9-19(11-5-4-6-12(10-11)20(21)22)26(23,24)14-8-7-13(25-2)15(17)16(14)18/h3-8,10H,1,9H2,2H3. The van der Waals surface area contributed by atoms with Crippen LogP contribution in [0.3, 0.4) is 0 Å². The third-order valence-corrected chi connectivity index (χ3v) is 6.24. The van der Waals surface area contributed by atoms with Crippen molar-refractivity contribution >= 4 is 44.6 Å². The van der Waals surface area contributed by atoms with Crippen LogP contribution in [0.15, 0.2) is 53.9 Å². The molecule has 0 unspecified atom stereocenters. The smallest absolute Gasteiger partial charge is 0.271 e. The number of benzene rings is 2. The van der Waals surface area contributed by atoms with Gasteiger partial charge in [-0.2, -0.15) is 0 Å². The molecule has 0 saturated carbocycles. The lowest BCUT2D eigenvalue weighted by molar-refractivity contribution is -0.384. The zero-order valence-corrected chi connectivity index (χ0v) is 15.9. The average molecular weight is 417 g/mol. The van der Waals surface area contributed by atoms with Crippen LogP contribution < -0.4 is 9.04 Å². The van der Waals surface area contributed by atoms with Crippen molar-refractivity contribution in [2.24, 2.45) is 0 Å². The Morgan fingerprint density at radius 2 is 1.96 bits per heavy atom. The molecule has 0 amide bonds. The van der Waals surface area contributed by atoms with E-state index >= 15 is 0 Å². The number of sulfonamides is 1. The van der Waals surface area contributed by atoms with Gasteiger partial charge in [-0.25, -0.2) is 8.42 Å². The molecule has 0 radical (unpaired) electrons. The zero-order valence-electron chi connectivity index (χ0n) is 13.6. The Hall–Kier alpha value is -2.29. The van der Waals surface area contributed by atoms with Crippen molar-refractivity contribution in [3.63, 3.8) is 0 Å². The number of methoxy groups -OCH3 is 1. The predicted octanol–water partition coefficient (Wildman–Crippen LogP) is 4.29. The van der Waals surface area contributed by atoms with Crippen molar-refractivity contribution in [2.75, 3.05) is 18.0 Å². The van der Waals surface area contributed by atoms with Crippen LogP contribution in [0.2, 0.25) is 10.0 Å². The molecular formula is C16H14Cl2N2O5S. The molecule has 0 fully saturated rings. The van der Waals surface area contributed by atoms with Gasteiger partial charge < -0.3 is 4.74 Å². The maximum absolute atomic E-state index is 13.1. The Bertz CT molecular complexity index is 963. The van der Waals surface area contributed by atoms with Crippen molar-refractivity contribution in [1.82, 2.24) is 0 Å². The van der Waals surface area contributed by atoms with Crippen molar-refractivity contribution in [3.8, 4) is 5.75 Å². The molecule has 0 aromatic heterocycles. The summed E-state index contributed by atoms with van der Waals surface area (Å²) in [5.74, 6) is 0.223. The number of non-ortho nitro benzene ring substituents is 1. The summed E-state index contributed by atoms with van der Waals surface area (Å²) < 4.78 is 32.2. The number of hydrogen-bond donors (Lipinski definition) is 0. The highest BCUT2D eigenvalue weighted by molar-refractivity contribution is 7.93. The number of ether oxygens (including phenoxy) is 1. The summed E-state index contributed by atoms with van der Waals surface area (Å²) in [6.45, 7) is 3.42. The molecule has 0 aliphatic heterocycles. The highest BCUT2D eigenvalue weighted by Crippen LogP contribution is 2.38. The maximum Gasteiger partial charge on any atom is 0.271 e. The minimum absolute atomic E-state index is 0.0483. The number of nitrogens with zero attached hydrogens (tertiary/aromatic N) is 2. The van der Waals surface area contributed by atoms with Gasteiger partial charge in [0.25, 0.3) is 15.7 Å². The second kappa shape index (κ2) is 7.94. The molecule has 0 aliphatic rings. The van der Waals surface area contributed by atoms with Gasteiger partial charge in [-0.15, -0.1) is 6.58 Å². The van der Waals surface area contributed by atoms with Crippen LogP contribution in [0.5, 0.6) is 5.75 Å². The van der Waals surface area contributed by atoms with E-state index in [0.717, 1.165) is 10.4 Å². The molecule has 0 N–H and O–H groups in total. The predicted molar refractivity (Wildman–Crippen MR) is 101 cm³/mol. The Kier molecular flexibility index (Phi) is 6.12. The third kappa shape index (κ3) is 3.77. The van der Waals surface area contributed by atoms with E-state index in [1.807, 2.05) is 0 Å². The lowest BCUT2D eigenvalue weighted by atomic mass is 10.3. The van der Waals surface area contributed by atoms with Gasteiger partial charge in [-0.1, -0.05) is 35.3 Å². The van der Waals surface area contributed by atoms with Crippen LogP contribution in [0.25, 0.3) is 0 Å². The quantitative estimate of drug-likeness (QED) is 0.381. The molecule has 7 nitrogen and oxygen atoms in total. The SMILES string of the molecule is C=CCN(c1cccc([N+](=O)[O-])c1)S(=O)(=O)c1ccc(OC)c(Cl)c1Cl. The number of nitro benzene ring substituents is 1. The van der Waals surface area contributed by atoms with Crippen LogP contribution in [0, 0.1) is 10.1 Å². The van der Waals surface area contributed by atoms with Gasteiger partial charge in [-0.3, -0.25) is 14.4 Å². The van der Waals surface area contributed by atoms with Gasteiger partial charge in [-0.05, 0) is 18.2 Å². The molecule has 0 atom stereocenters. The van der Waals surface area contributed by atoms with E-state index in [1.54, 1.807) is 0 Å². The molecule has 0 saturated heterocycles. The summed E-state index contributed by atoms with van der Waals surface area (Å²) in [7, 11) is -2.80. The van der Waals surface area contributed by atoms with E-state index in [-0.39, 0.29) is 38.6 Å². The molecule has 2 rings (SSSR count). The van der Waals surface area contributed by atoms with Gasteiger partial charge in [0.1, 0.15) is 15.7 Å². The molecule has 0 spiro atoms. The Morgan fingerprint density at radius 3 is 2.54 bits per heavy atom. The monoisotopic (exact) mass is 416 g/mol. The Labute approximate surface area is 160 Å². The molecule has 0 bridgehead atoms. The summed E-state index contributed by atoms with van der Waals surface area (Å²) in [5, 5.41) is 10.7. The molecular weight excluding hydrogens is 403 g/mol. The normalized spacial score (nSPS) is 11.0. The number of halogens is 2. The summed E-state index contributed by atoms with van der Waals surface area (Å²) in [6.07, 6.45) is 1.36. The molecule has 10 heteroatoms. The van der Waals surface area contributed by atoms with Crippen LogP contribution in [-0.2, 0) is 10.0 Å². The fourth-order valence-electron chi connectivity index (χ4n) is 2.21. The number of anilines is 1. The summed E-state index contributed by atoms with van der Waals surface area (Å²) in [4.78, 5) is 10.1. The van der Waals surface area contributed by atoms with Gasteiger partial charge in [0.2, 0.25) is 0 Å². The van der Waals surface area contributed by atoms with Crippen molar-refractivity contribution in [1.29, 1.82) is 0 Å². The number of hydrogen-bond acceptors (Lipinski definition) is 5. The summed E-state index contributed by atoms with van der Waals surface area (Å²) in [5.41, 5.74) is -0.146. The van der Waals surface area contributed by atoms with E-state index in [9.17, 15) is 18.5 Å². The van der Waals surface area contributed by atoms with Crippen molar-refractivity contribution in [3.05, 3.63) is 69.2 Å². The molecule has 2 aromatic carbocycles. The first-order valence-corrected chi connectivity index (χ1v) is 9.33. The maximum atomic E-state index is 13.1. The fourth-order valence-corrected chi connectivity index (χ4v) is 4.46. The van der Waals surface area contributed by atoms with Gasteiger partial charge in [0.05, 0.1) is 29.3 Å². The second-order valence-electron chi connectivity index (χ2n) is 5.00. The first-order valence-electron chi connectivity index (χ1n) is 7.14. The highest BCUT2D eigenvalue weighted by atomic mass is 35.5. The van der Waals surface area contributed by atoms with E-state index in [4.69, 9.17) is 27.9 Å². The van der Waals surface area contributed by atoms with E-state index in [0.29, 0.717) is 0 Å². The lowest BCUT2D eigenvalue weighted by Gasteiger charge is -2.24. The Balaban J connectivity index is 2.63. The number of nitro groups is 1. The number of rotatable bonds is 7. The van der Waals surface area contributed by atoms with Crippen molar-refractivity contribution in [2.45, 2.75) is 4.90 Å². The second-order valence-corrected chi connectivity index (χ2v) is 7.58. The Morgan fingerprint density at radius 1 is 1.27 bits per heavy atom. The van der Waals surface area contributed by atoms with Crippen LogP contribution in [0.4, 0.5) is 11.4 Å². The third-order valence-electron chi connectivity index (χ3n) is 3.42. The van der Waals surface area contributed by atoms with Crippen molar-refractivity contribution < 1.29 is 18.1 Å². The van der Waals surface area contributed by atoms with E-state index < -0.39 is 14.9 Å². The van der Waals surface area contributed by atoms with Gasteiger partial charge in [0.15, 0.2) is 0 Å². The van der Waals surface area contributed by atoms with Crippen LogP contribution in [0.1, 0.15) is 0 Å². The molecule has 0 aliphatic carbocycles. The minimum atomic E-state index is -4.17. The largest absolute Gasteiger partial charge is 0.495 e. The topological polar surface area (TPSA) is 89.8 Å². The first-order chi connectivity index (χ1) is 12.2. The fraction of sp³-hybridized carbons (Fsp3) is 0.125. The van der Waals surface area contributed by atoms with Gasteiger partial charge >= 0.3 is 0 Å². The van der Waals surface area contributed by atoms with Crippen LogP contribution in [-0.4, -0.2) is 27.0 Å². The highest BCUT2D eigenvalue weighted by Gasteiger charge is 2.29. The first kappa shape index (κ1) is 20.0. The molecule has 2 aromatic rings. The zero-order chi connectivity index (χ0) is 19.5. The molecule has 138 valence electrons. The summed E-state index contributed by atoms with van der Waals surface area (Å²) >= 11 is 12.2.